The van der Waals surface area contributed by atoms with Crippen molar-refractivity contribution in [1.29, 1.82) is 0 Å². The maximum atomic E-state index is 12.2. The van der Waals surface area contributed by atoms with Crippen LogP contribution < -0.4 is 15.6 Å². The first kappa shape index (κ1) is 17.0. The Morgan fingerprint density at radius 3 is 2.24 bits per heavy atom. The number of benzene rings is 2. The highest BCUT2D eigenvalue weighted by atomic mass is 32.1. The zero-order chi connectivity index (χ0) is 17.8. The molecule has 1 heterocycles. The molecule has 0 spiro atoms. The number of hydrogen-bond acceptors (Lipinski definition) is 4. The summed E-state index contributed by atoms with van der Waals surface area (Å²) in [5.74, 6) is -0.518. The van der Waals surface area contributed by atoms with Gasteiger partial charge in [0.25, 0.3) is 11.8 Å². The minimum Gasteiger partial charge on any atom is -0.298 e. The van der Waals surface area contributed by atoms with E-state index in [0.717, 1.165) is 0 Å². The molecule has 0 aromatic heterocycles. The van der Waals surface area contributed by atoms with Crippen molar-refractivity contribution >= 4 is 52.2 Å². The van der Waals surface area contributed by atoms with Gasteiger partial charge in [-0.05, 0) is 48.7 Å². The van der Waals surface area contributed by atoms with Gasteiger partial charge >= 0.3 is 0 Å². The number of carbonyl (C=O) groups excluding carboxylic acids is 2. The zero-order valence-electron chi connectivity index (χ0n) is 13.0. The summed E-state index contributed by atoms with van der Waals surface area (Å²) < 4.78 is 0. The van der Waals surface area contributed by atoms with Crippen LogP contribution >= 0.6 is 24.4 Å². The Labute approximate surface area is 155 Å². The Kier molecular flexibility index (Phi) is 5.01. The molecular formula is C17H14N4O2S2. The smallest absolute Gasteiger partial charge is 0.257 e. The first-order valence-electron chi connectivity index (χ1n) is 7.43. The predicted molar refractivity (Wildman–Crippen MR) is 103 cm³/mol. The molecular weight excluding hydrogens is 356 g/mol. The van der Waals surface area contributed by atoms with Gasteiger partial charge in [-0.15, -0.1) is 0 Å². The average molecular weight is 370 g/mol. The van der Waals surface area contributed by atoms with Gasteiger partial charge in [-0.2, -0.15) is 0 Å². The molecule has 1 aliphatic rings. The number of nitrogens with one attached hydrogen (secondary N) is 2. The molecule has 2 amide bonds. The normalized spacial score (nSPS) is 13.8. The fraction of sp³-hybridized carbons (Fsp3) is 0.0588. The fourth-order valence-corrected chi connectivity index (χ4v) is 2.86. The predicted octanol–water partition coefficient (Wildman–Crippen LogP) is 1.84. The third kappa shape index (κ3) is 3.81. The molecule has 0 radical (unpaired) electrons. The van der Waals surface area contributed by atoms with Crippen LogP contribution in [0.15, 0.2) is 60.7 Å². The van der Waals surface area contributed by atoms with Gasteiger partial charge < -0.3 is 0 Å². The van der Waals surface area contributed by atoms with Crippen LogP contribution in [0.25, 0.3) is 0 Å². The lowest BCUT2D eigenvalue weighted by molar-refractivity contribution is -0.116. The lowest BCUT2D eigenvalue weighted by atomic mass is 10.2. The molecule has 8 heteroatoms. The fourth-order valence-electron chi connectivity index (χ4n) is 2.34. The van der Waals surface area contributed by atoms with Crippen molar-refractivity contribution in [3.8, 4) is 0 Å². The summed E-state index contributed by atoms with van der Waals surface area (Å²) in [6.07, 6.45) is 0. The monoisotopic (exact) mass is 370 g/mol. The highest BCUT2D eigenvalue weighted by molar-refractivity contribution is 7.81. The maximum Gasteiger partial charge on any atom is 0.257 e. The second-order valence-corrected chi connectivity index (χ2v) is 5.97. The topological polar surface area (TPSA) is 64.7 Å². The van der Waals surface area contributed by atoms with Crippen LogP contribution in [0.5, 0.6) is 0 Å². The molecule has 1 saturated heterocycles. The SMILES string of the molecule is O=C(NC(=S)NN1CC(=O)N(c2ccccc2)C1=S)c1ccccc1. The highest BCUT2D eigenvalue weighted by Gasteiger charge is 2.34. The number of amides is 2. The summed E-state index contributed by atoms with van der Waals surface area (Å²) in [4.78, 5) is 25.8. The Bertz CT molecular complexity index is 827. The van der Waals surface area contributed by atoms with Gasteiger partial charge in [-0.25, -0.2) is 0 Å². The maximum absolute atomic E-state index is 12.2. The minimum absolute atomic E-state index is 0.0229. The van der Waals surface area contributed by atoms with E-state index in [4.69, 9.17) is 24.4 Å². The summed E-state index contributed by atoms with van der Waals surface area (Å²) in [6, 6.07) is 17.8. The summed E-state index contributed by atoms with van der Waals surface area (Å²) >= 11 is 10.5. The zero-order valence-corrected chi connectivity index (χ0v) is 14.6. The van der Waals surface area contributed by atoms with E-state index in [1.807, 2.05) is 24.3 Å². The molecule has 0 unspecified atom stereocenters. The molecule has 3 rings (SSSR count). The van der Waals surface area contributed by atoms with Crippen molar-refractivity contribution < 1.29 is 9.59 Å². The van der Waals surface area contributed by atoms with E-state index in [2.05, 4.69) is 10.7 Å². The largest absolute Gasteiger partial charge is 0.298 e. The van der Waals surface area contributed by atoms with Crippen molar-refractivity contribution in [3.63, 3.8) is 0 Å². The lowest BCUT2D eigenvalue weighted by Crippen LogP contribution is -2.50. The quantitative estimate of drug-likeness (QED) is 0.804. The lowest BCUT2D eigenvalue weighted by Gasteiger charge is -2.22. The number of thiocarbonyl (C=S) groups is 2. The number of anilines is 1. The minimum atomic E-state index is -0.338. The summed E-state index contributed by atoms with van der Waals surface area (Å²) in [5, 5.41) is 4.33. The molecule has 2 aromatic rings. The van der Waals surface area contributed by atoms with Crippen LogP contribution in [0.4, 0.5) is 5.69 Å². The molecule has 0 saturated carbocycles. The van der Waals surface area contributed by atoms with Gasteiger partial charge in [0.15, 0.2) is 5.11 Å². The number of hydrazine groups is 1. The van der Waals surface area contributed by atoms with Gasteiger partial charge in [0, 0.05) is 5.56 Å². The summed E-state index contributed by atoms with van der Waals surface area (Å²) in [5.41, 5.74) is 3.95. The van der Waals surface area contributed by atoms with Gasteiger partial charge in [0.2, 0.25) is 5.11 Å². The van der Waals surface area contributed by atoms with E-state index in [1.54, 1.807) is 36.4 Å². The Balaban J connectivity index is 1.63. The van der Waals surface area contributed by atoms with Crippen molar-refractivity contribution in [2.45, 2.75) is 0 Å². The molecule has 1 aliphatic heterocycles. The van der Waals surface area contributed by atoms with Gasteiger partial charge in [-0.1, -0.05) is 36.4 Å². The Hall–Kier alpha value is -2.84. The van der Waals surface area contributed by atoms with Crippen LogP contribution in [-0.4, -0.2) is 33.6 Å². The van der Waals surface area contributed by atoms with Crippen LogP contribution in [0.2, 0.25) is 0 Å². The second-order valence-electron chi connectivity index (χ2n) is 5.19. The first-order valence-corrected chi connectivity index (χ1v) is 8.24. The van der Waals surface area contributed by atoms with Crippen LogP contribution in [0.1, 0.15) is 10.4 Å². The van der Waals surface area contributed by atoms with Crippen LogP contribution in [0, 0.1) is 0 Å². The second kappa shape index (κ2) is 7.37. The van der Waals surface area contributed by atoms with E-state index in [-0.39, 0.29) is 28.6 Å². The molecule has 0 bridgehead atoms. The van der Waals surface area contributed by atoms with Crippen molar-refractivity contribution in [2.75, 3.05) is 11.4 Å². The molecule has 126 valence electrons. The Morgan fingerprint density at radius 2 is 1.60 bits per heavy atom. The van der Waals surface area contributed by atoms with Crippen molar-refractivity contribution in [1.82, 2.24) is 15.8 Å². The standard InChI is InChI=1S/C17H14N4O2S2/c22-14-11-20(17(25)21(14)13-9-5-2-6-10-13)19-16(24)18-15(23)12-7-3-1-4-8-12/h1-10H,11H2,(H2,18,19,23,24). The molecule has 25 heavy (non-hydrogen) atoms. The summed E-state index contributed by atoms with van der Waals surface area (Å²) in [6.45, 7) is 0.0229. The third-order valence-corrected chi connectivity index (χ3v) is 4.08. The molecule has 2 N–H and O–H groups in total. The van der Waals surface area contributed by atoms with Gasteiger partial charge in [-0.3, -0.25) is 30.2 Å². The van der Waals surface area contributed by atoms with E-state index in [0.29, 0.717) is 11.3 Å². The van der Waals surface area contributed by atoms with E-state index in [9.17, 15) is 9.59 Å². The van der Waals surface area contributed by atoms with Gasteiger partial charge in [0.05, 0.1) is 5.69 Å². The molecule has 6 nitrogen and oxygen atoms in total. The number of nitrogens with zero attached hydrogens (tertiary/aromatic N) is 2. The van der Waals surface area contributed by atoms with Crippen molar-refractivity contribution in [3.05, 3.63) is 66.2 Å². The van der Waals surface area contributed by atoms with E-state index >= 15 is 0 Å². The van der Waals surface area contributed by atoms with E-state index in [1.165, 1.54) is 9.91 Å². The summed E-state index contributed by atoms with van der Waals surface area (Å²) in [7, 11) is 0. The highest BCUT2D eigenvalue weighted by Crippen LogP contribution is 2.19. The van der Waals surface area contributed by atoms with Crippen LogP contribution in [-0.2, 0) is 4.79 Å². The molecule has 2 aromatic carbocycles. The number of rotatable bonds is 3. The van der Waals surface area contributed by atoms with Crippen LogP contribution in [0.3, 0.4) is 0 Å². The molecule has 1 fully saturated rings. The van der Waals surface area contributed by atoms with Crippen molar-refractivity contribution in [2.24, 2.45) is 0 Å². The van der Waals surface area contributed by atoms with E-state index < -0.39 is 0 Å². The number of carbonyl (C=O) groups is 2. The third-order valence-electron chi connectivity index (χ3n) is 3.48. The number of hydrogen-bond donors (Lipinski definition) is 2. The molecule has 0 aliphatic carbocycles. The average Bonchev–Trinajstić information content (AvgIpc) is 2.89. The molecule has 0 atom stereocenters. The Morgan fingerprint density at radius 1 is 1.00 bits per heavy atom. The van der Waals surface area contributed by atoms with Gasteiger partial charge in [0.1, 0.15) is 6.54 Å². The number of para-hydroxylation sites is 1. The first-order chi connectivity index (χ1) is 12.1.